The van der Waals surface area contributed by atoms with Crippen LogP contribution in [0.1, 0.15) is 29.9 Å². The van der Waals surface area contributed by atoms with Gasteiger partial charge in [0.2, 0.25) is 11.7 Å². The predicted octanol–water partition coefficient (Wildman–Crippen LogP) is 2.20. The third-order valence-corrected chi connectivity index (χ3v) is 6.78. The molecule has 0 aromatic carbocycles. The van der Waals surface area contributed by atoms with Gasteiger partial charge < -0.3 is 19.5 Å². The van der Waals surface area contributed by atoms with E-state index in [-0.39, 0.29) is 57.1 Å². The number of hydrogen-bond donors (Lipinski definition) is 1. The van der Waals surface area contributed by atoms with Crippen molar-refractivity contribution in [2.24, 2.45) is 0 Å². The molecule has 2 aliphatic rings. The maximum absolute atomic E-state index is 13.2. The van der Waals surface area contributed by atoms with Crippen LogP contribution in [-0.2, 0) is 30.5 Å². The van der Waals surface area contributed by atoms with Crippen LogP contribution >= 0.6 is 11.3 Å². The fraction of sp³-hybridized carbons (Fsp3) is 0.500. The first-order valence-electron chi connectivity index (χ1n) is 11.0. The zero-order valence-corrected chi connectivity index (χ0v) is 19.4. The van der Waals surface area contributed by atoms with Gasteiger partial charge in [-0.3, -0.25) is 9.69 Å². The number of rotatable bonds is 7. The second-order valence-electron chi connectivity index (χ2n) is 8.07. The summed E-state index contributed by atoms with van der Waals surface area (Å²) in [6, 6.07) is 1.58. The van der Waals surface area contributed by atoms with Crippen LogP contribution in [0.3, 0.4) is 0 Å². The lowest BCUT2D eigenvalue weighted by Crippen LogP contribution is -2.36. The molecule has 3 amide bonds. The third kappa shape index (κ3) is 4.47. The zero-order valence-electron chi connectivity index (χ0n) is 18.6. The summed E-state index contributed by atoms with van der Waals surface area (Å²) in [5.74, 6) is -0.624. The van der Waals surface area contributed by atoms with E-state index in [4.69, 9.17) is 4.74 Å². The summed E-state index contributed by atoms with van der Waals surface area (Å²) in [4.78, 5) is 37.2. The summed E-state index contributed by atoms with van der Waals surface area (Å²) >= 11 is 1.50. The molecule has 0 aliphatic carbocycles. The van der Waals surface area contributed by atoms with Gasteiger partial charge in [-0.05, 0) is 12.5 Å². The number of nitrogens with one attached hydrogen (secondary N) is 1. The van der Waals surface area contributed by atoms with Gasteiger partial charge >= 0.3 is 18.2 Å². The highest BCUT2D eigenvalue weighted by molar-refractivity contribution is 7.18. The molecule has 3 aromatic rings. The highest BCUT2D eigenvalue weighted by Crippen LogP contribution is 2.35. The first-order valence-corrected chi connectivity index (χ1v) is 11.8. The number of aryl methyl sites for hydroxylation is 1. The third-order valence-electron chi connectivity index (χ3n) is 5.69. The van der Waals surface area contributed by atoms with Gasteiger partial charge in [0.1, 0.15) is 17.3 Å². The van der Waals surface area contributed by atoms with Crippen molar-refractivity contribution in [2.75, 3.05) is 31.1 Å². The van der Waals surface area contributed by atoms with Gasteiger partial charge in [0.25, 0.3) is 0 Å². The average Bonchev–Trinajstić information content (AvgIpc) is 3.50. The lowest BCUT2D eigenvalue weighted by Gasteiger charge is -2.29. The van der Waals surface area contributed by atoms with E-state index in [1.807, 2.05) is 11.0 Å². The van der Waals surface area contributed by atoms with Gasteiger partial charge in [-0.2, -0.15) is 23.1 Å². The molecule has 0 atom stereocenters. The number of ether oxygens (including phenoxy) is 1. The first-order chi connectivity index (χ1) is 16.7. The van der Waals surface area contributed by atoms with Crippen molar-refractivity contribution < 1.29 is 27.5 Å². The number of aromatic nitrogens is 5. The van der Waals surface area contributed by atoms with Crippen molar-refractivity contribution >= 4 is 39.3 Å². The summed E-state index contributed by atoms with van der Waals surface area (Å²) in [6.45, 7) is 2.47. The minimum atomic E-state index is -4.58. The lowest BCUT2D eigenvalue weighted by atomic mass is 10.2. The molecule has 1 N–H and O–H groups in total. The number of alkyl halides is 3. The Bertz CT molecular complexity index is 1270. The van der Waals surface area contributed by atoms with Gasteiger partial charge in [-0.1, -0.05) is 13.3 Å². The average molecular weight is 511 g/mol. The standard InChI is InChI=1S/C20H21F3N8O3S/c1-2-3-11-8-12-15(29-4-5-30-13(10-29)27-28-17(30)20(21,22)23)25-18(26-16(12)35-11)34-7-6-31-14(32)9-24-19(31)33/h8H,2-7,9-10H2,1H3,(H,24,33). The Morgan fingerprint density at radius 2 is 2.03 bits per heavy atom. The topological polar surface area (TPSA) is 118 Å². The molecule has 0 radical (unpaired) electrons. The van der Waals surface area contributed by atoms with Crippen LogP contribution in [0.15, 0.2) is 6.07 Å². The van der Waals surface area contributed by atoms with Crippen LogP contribution < -0.4 is 15.0 Å². The molecule has 0 spiro atoms. The van der Waals surface area contributed by atoms with Crippen LogP contribution in [0.2, 0.25) is 0 Å². The number of thiophene rings is 1. The van der Waals surface area contributed by atoms with Crippen molar-refractivity contribution in [3.8, 4) is 6.01 Å². The molecule has 5 rings (SSSR count). The Kier molecular flexibility index (Phi) is 5.94. The van der Waals surface area contributed by atoms with Gasteiger partial charge in [0.15, 0.2) is 5.82 Å². The molecule has 2 aliphatic heterocycles. The number of hydrogen-bond acceptors (Lipinski definition) is 9. The molecule has 5 heterocycles. The molecule has 3 aromatic heterocycles. The largest absolute Gasteiger partial charge is 0.461 e. The van der Waals surface area contributed by atoms with E-state index in [1.165, 1.54) is 11.3 Å². The molecule has 186 valence electrons. The van der Waals surface area contributed by atoms with E-state index in [9.17, 15) is 22.8 Å². The second-order valence-corrected chi connectivity index (χ2v) is 9.19. The molecule has 35 heavy (non-hydrogen) atoms. The minimum absolute atomic E-state index is 0.000563. The highest BCUT2D eigenvalue weighted by Gasteiger charge is 2.40. The Hall–Kier alpha value is -3.49. The quantitative estimate of drug-likeness (QED) is 0.481. The molecular weight excluding hydrogens is 489 g/mol. The summed E-state index contributed by atoms with van der Waals surface area (Å²) in [7, 11) is 0. The van der Waals surface area contributed by atoms with Crippen molar-refractivity contribution in [2.45, 2.75) is 39.0 Å². The Labute approximate surface area is 200 Å². The summed E-state index contributed by atoms with van der Waals surface area (Å²) in [5, 5.41) is 10.3. The Morgan fingerprint density at radius 3 is 2.74 bits per heavy atom. The zero-order chi connectivity index (χ0) is 24.7. The van der Waals surface area contributed by atoms with E-state index in [0.29, 0.717) is 10.6 Å². The van der Waals surface area contributed by atoms with E-state index in [0.717, 1.165) is 32.6 Å². The van der Waals surface area contributed by atoms with Crippen molar-refractivity contribution in [3.63, 3.8) is 0 Å². The predicted molar refractivity (Wildman–Crippen MR) is 118 cm³/mol. The van der Waals surface area contributed by atoms with E-state index >= 15 is 0 Å². The number of nitrogens with zero attached hydrogens (tertiary/aromatic N) is 7. The van der Waals surface area contributed by atoms with Gasteiger partial charge in [-0.25, -0.2) is 4.79 Å². The van der Waals surface area contributed by atoms with E-state index in [1.54, 1.807) is 0 Å². The fourth-order valence-electron chi connectivity index (χ4n) is 4.07. The fourth-order valence-corrected chi connectivity index (χ4v) is 5.19. The number of carbonyl (C=O) groups excluding carboxylic acids is 2. The summed E-state index contributed by atoms with van der Waals surface area (Å²) in [5.41, 5.74) is 0. The highest BCUT2D eigenvalue weighted by atomic mass is 32.1. The summed E-state index contributed by atoms with van der Waals surface area (Å²) in [6.07, 6.45) is -2.78. The summed E-state index contributed by atoms with van der Waals surface area (Å²) < 4.78 is 46.4. The number of amides is 3. The van der Waals surface area contributed by atoms with Gasteiger partial charge in [0, 0.05) is 18.0 Å². The Balaban J connectivity index is 1.42. The number of imide groups is 1. The van der Waals surface area contributed by atoms with Crippen LogP contribution in [0.25, 0.3) is 10.2 Å². The monoisotopic (exact) mass is 510 g/mol. The van der Waals surface area contributed by atoms with E-state index < -0.39 is 18.0 Å². The second kappa shape index (κ2) is 8.94. The van der Waals surface area contributed by atoms with Gasteiger partial charge in [0.05, 0.1) is 25.0 Å². The molecule has 0 unspecified atom stereocenters. The smallest absolute Gasteiger partial charge is 0.451 e. The van der Waals surface area contributed by atoms with Crippen LogP contribution in [-0.4, -0.2) is 67.8 Å². The van der Waals surface area contributed by atoms with E-state index in [2.05, 4.69) is 32.4 Å². The van der Waals surface area contributed by atoms with Crippen molar-refractivity contribution in [1.29, 1.82) is 0 Å². The molecule has 0 bridgehead atoms. The molecular formula is C20H21F3N8O3S. The molecule has 11 nitrogen and oxygen atoms in total. The number of fused-ring (bicyclic) bond motifs is 2. The molecule has 0 saturated carbocycles. The SMILES string of the molecule is CCCc1cc2c(N3CCn4c(nnc4C(F)(F)F)C3)nc(OCCN3C(=O)CNC3=O)nc2s1. The number of urea groups is 1. The van der Waals surface area contributed by atoms with Crippen LogP contribution in [0, 0.1) is 0 Å². The van der Waals surface area contributed by atoms with Crippen molar-refractivity contribution in [1.82, 2.24) is 34.9 Å². The molecule has 1 saturated heterocycles. The number of anilines is 1. The number of carbonyl (C=O) groups is 2. The van der Waals surface area contributed by atoms with Crippen molar-refractivity contribution in [3.05, 3.63) is 22.6 Å². The normalized spacial score (nSPS) is 16.2. The maximum Gasteiger partial charge on any atom is 0.451 e. The number of halogens is 3. The van der Waals surface area contributed by atoms with Crippen LogP contribution in [0.4, 0.5) is 23.8 Å². The molecule has 15 heteroatoms. The van der Waals surface area contributed by atoms with Gasteiger partial charge in [-0.15, -0.1) is 21.5 Å². The van der Waals surface area contributed by atoms with Crippen LogP contribution in [0.5, 0.6) is 6.01 Å². The minimum Gasteiger partial charge on any atom is -0.461 e. The lowest BCUT2D eigenvalue weighted by molar-refractivity contribution is -0.147. The first kappa shape index (κ1) is 23.3. The maximum atomic E-state index is 13.2. The molecule has 1 fully saturated rings. The Morgan fingerprint density at radius 1 is 1.20 bits per heavy atom.